The van der Waals surface area contributed by atoms with Gasteiger partial charge in [-0.1, -0.05) is 66.2 Å². The monoisotopic (exact) mass is 440 g/mol. The average Bonchev–Trinajstić information content (AvgIpc) is 2.40. The van der Waals surface area contributed by atoms with Crippen molar-refractivity contribution in [3.8, 4) is 0 Å². The Hall–Kier alpha value is 0.607. The van der Waals surface area contributed by atoms with Crippen molar-refractivity contribution in [2.75, 3.05) is 6.61 Å². The van der Waals surface area contributed by atoms with Gasteiger partial charge in [0.25, 0.3) is 0 Å². The average molecular weight is 440 g/mol. The first-order valence-electron chi connectivity index (χ1n) is 8.80. The zero-order chi connectivity index (χ0) is 17.2. The van der Waals surface area contributed by atoms with Crippen LogP contribution < -0.4 is 0 Å². The maximum Gasteiger partial charge on any atom is 0.192 e. The SMILES string of the molecule is CCCCCCCC[C@@H](O[Si](C)(C)C(C)(C)C)/C(I)=C/CO. The Morgan fingerprint density at radius 2 is 1.68 bits per heavy atom. The molecule has 0 bridgehead atoms. The molecule has 0 aliphatic heterocycles. The minimum atomic E-state index is -1.77. The molecular formula is C18H37IO2Si. The molecule has 0 rings (SSSR count). The van der Waals surface area contributed by atoms with Gasteiger partial charge in [-0.2, -0.15) is 0 Å². The van der Waals surface area contributed by atoms with E-state index in [9.17, 15) is 5.11 Å². The minimum absolute atomic E-state index is 0.103. The number of aliphatic hydroxyl groups is 1. The van der Waals surface area contributed by atoms with Crippen molar-refractivity contribution in [3.05, 3.63) is 9.66 Å². The van der Waals surface area contributed by atoms with Crippen LogP contribution in [0.5, 0.6) is 0 Å². The highest BCUT2D eigenvalue weighted by molar-refractivity contribution is 14.1. The highest BCUT2D eigenvalue weighted by Crippen LogP contribution is 2.39. The van der Waals surface area contributed by atoms with Crippen molar-refractivity contribution in [1.29, 1.82) is 0 Å². The van der Waals surface area contributed by atoms with Crippen molar-refractivity contribution in [1.82, 2.24) is 0 Å². The lowest BCUT2D eigenvalue weighted by Crippen LogP contribution is -2.44. The Balaban J connectivity index is 4.56. The van der Waals surface area contributed by atoms with E-state index in [1.54, 1.807) is 0 Å². The van der Waals surface area contributed by atoms with Gasteiger partial charge in [-0.15, -0.1) is 0 Å². The van der Waals surface area contributed by atoms with Gasteiger partial charge in [0.15, 0.2) is 8.32 Å². The van der Waals surface area contributed by atoms with Crippen molar-refractivity contribution >= 4 is 30.9 Å². The number of aliphatic hydroxyl groups excluding tert-OH is 1. The maximum atomic E-state index is 9.19. The summed E-state index contributed by atoms with van der Waals surface area (Å²) in [4.78, 5) is 0. The van der Waals surface area contributed by atoms with Gasteiger partial charge in [-0.3, -0.25) is 0 Å². The molecule has 2 nitrogen and oxygen atoms in total. The predicted molar refractivity (Wildman–Crippen MR) is 109 cm³/mol. The lowest BCUT2D eigenvalue weighted by molar-refractivity contribution is 0.207. The van der Waals surface area contributed by atoms with Crippen LogP contribution in [0, 0.1) is 0 Å². The van der Waals surface area contributed by atoms with Gasteiger partial charge in [0.05, 0.1) is 12.7 Å². The maximum absolute atomic E-state index is 9.19. The summed E-state index contributed by atoms with van der Waals surface area (Å²) in [6, 6.07) is 0. The molecule has 0 saturated carbocycles. The topological polar surface area (TPSA) is 29.5 Å². The summed E-state index contributed by atoms with van der Waals surface area (Å²) in [5.74, 6) is 0. The third kappa shape index (κ3) is 9.04. The summed E-state index contributed by atoms with van der Waals surface area (Å²) in [6.45, 7) is 13.8. The van der Waals surface area contributed by atoms with E-state index in [0.29, 0.717) is 0 Å². The molecule has 22 heavy (non-hydrogen) atoms. The van der Waals surface area contributed by atoms with E-state index >= 15 is 0 Å². The number of unbranched alkanes of at least 4 members (excludes halogenated alkanes) is 5. The number of halogens is 1. The molecule has 0 aromatic rings. The van der Waals surface area contributed by atoms with Gasteiger partial charge in [-0.25, -0.2) is 0 Å². The van der Waals surface area contributed by atoms with Gasteiger partial charge in [-0.05, 0) is 53.2 Å². The van der Waals surface area contributed by atoms with Crippen LogP contribution in [-0.4, -0.2) is 26.1 Å². The molecule has 0 radical (unpaired) electrons. The van der Waals surface area contributed by atoms with E-state index in [1.807, 2.05) is 6.08 Å². The van der Waals surface area contributed by atoms with E-state index in [4.69, 9.17) is 4.43 Å². The highest BCUT2D eigenvalue weighted by Gasteiger charge is 2.39. The van der Waals surface area contributed by atoms with Crippen LogP contribution in [-0.2, 0) is 4.43 Å². The van der Waals surface area contributed by atoms with Gasteiger partial charge in [0.2, 0.25) is 0 Å². The molecular weight excluding hydrogens is 403 g/mol. The van der Waals surface area contributed by atoms with Crippen LogP contribution in [0.1, 0.15) is 72.6 Å². The summed E-state index contributed by atoms with van der Waals surface area (Å²) in [6.07, 6.45) is 11.0. The predicted octanol–water partition coefficient (Wildman–Crippen LogP) is 6.44. The number of hydrogen-bond donors (Lipinski definition) is 1. The van der Waals surface area contributed by atoms with E-state index in [0.717, 1.165) is 6.42 Å². The molecule has 4 heteroatoms. The van der Waals surface area contributed by atoms with Crippen LogP contribution in [0.15, 0.2) is 9.66 Å². The van der Waals surface area contributed by atoms with Crippen LogP contribution >= 0.6 is 22.6 Å². The van der Waals surface area contributed by atoms with E-state index < -0.39 is 8.32 Å². The smallest absolute Gasteiger partial charge is 0.192 e. The molecule has 0 amide bonds. The van der Waals surface area contributed by atoms with Crippen molar-refractivity contribution < 1.29 is 9.53 Å². The Labute approximate surface area is 153 Å². The first-order valence-corrected chi connectivity index (χ1v) is 12.8. The quantitative estimate of drug-likeness (QED) is 0.228. The van der Waals surface area contributed by atoms with Crippen LogP contribution in [0.3, 0.4) is 0 Å². The number of rotatable bonds is 11. The van der Waals surface area contributed by atoms with E-state index in [1.165, 1.54) is 42.1 Å². The standard InChI is InChI=1S/C18H37IO2Si/c1-7-8-9-10-11-12-13-17(16(19)14-15-20)21-22(5,6)18(2,3)4/h14,17,20H,7-13,15H2,1-6H3/b16-14-/t17-/m1/s1. The molecule has 0 heterocycles. The van der Waals surface area contributed by atoms with Crippen molar-refractivity contribution in [2.24, 2.45) is 0 Å². The molecule has 0 spiro atoms. The summed E-state index contributed by atoms with van der Waals surface area (Å²) >= 11 is 2.34. The molecule has 0 aliphatic rings. The van der Waals surface area contributed by atoms with Gasteiger partial charge in [0, 0.05) is 3.58 Å². The molecule has 0 aromatic carbocycles. The second-order valence-corrected chi connectivity index (χ2v) is 13.7. The summed E-state index contributed by atoms with van der Waals surface area (Å²) in [5, 5.41) is 9.41. The Kier molecular flexibility index (Phi) is 11.5. The van der Waals surface area contributed by atoms with Crippen LogP contribution in [0.2, 0.25) is 18.1 Å². The van der Waals surface area contributed by atoms with Crippen molar-refractivity contribution in [2.45, 2.75) is 96.9 Å². The minimum Gasteiger partial charge on any atom is -0.409 e. The molecule has 0 unspecified atom stereocenters. The van der Waals surface area contributed by atoms with Gasteiger partial charge in [0.1, 0.15) is 0 Å². The van der Waals surface area contributed by atoms with Gasteiger partial charge >= 0.3 is 0 Å². The fourth-order valence-electron chi connectivity index (χ4n) is 2.11. The lowest BCUT2D eigenvalue weighted by Gasteiger charge is -2.39. The molecule has 0 aromatic heterocycles. The van der Waals surface area contributed by atoms with Crippen molar-refractivity contribution in [3.63, 3.8) is 0 Å². The molecule has 0 saturated heterocycles. The van der Waals surface area contributed by atoms with E-state index in [2.05, 4.69) is 63.4 Å². The Bertz CT molecular complexity index is 322. The van der Waals surface area contributed by atoms with Gasteiger partial charge < -0.3 is 9.53 Å². The third-order valence-corrected chi connectivity index (χ3v) is 10.3. The molecule has 0 aliphatic carbocycles. The zero-order valence-electron chi connectivity index (χ0n) is 15.5. The Morgan fingerprint density at radius 1 is 1.14 bits per heavy atom. The fraction of sp³-hybridized carbons (Fsp3) is 0.889. The molecule has 0 fully saturated rings. The summed E-state index contributed by atoms with van der Waals surface area (Å²) in [5.41, 5.74) is 0. The third-order valence-electron chi connectivity index (χ3n) is 4.66. The second kappa shape index (κ2) is 11.2. The van der Waals surface area contributed by atoms with Crippen LogP contribution in [0.4, 0.5) is 0 Å². The zero-order valence-corrected chi connectivity index (χ0v) is 18.7. The Morgan fingerprint density at radius 3 is 2.18 bits per heavy atom. The molecule has 1 atom stereocenters. The first-order chi connectivity index (χ1) is 10.2. The van der Waals surface area contributed by atoms with Crippen LogP contribution in [0.25, 0.3) is 0 Å². The first kappa shape index (κ1) is 22.6. The number of hydrogen-bond acceptors (Lipinski definition) is 2. The normalized spacial score (nSPS) is 15.2. The molecule has 1 N–H and O–H groups in total. The largest absolute Gasteiger partial charge is 0.409 e. The van der Waals surface area contributed by atoms with E-state index in [-0.39, 0.29) is 17.7 Å². The summed E-state index contributed by atoms with van der Waals surface area (Å²) in [7, 11) is -1.77. The second-order valence-electron chi connectivity index (χ2n) is 7.69. The highest BCUT2D eigenvalue weighted by atomic mass is 127. The molecule has 132 valence electrons. The fourth-order valence-corrected chi connectivity index (χ4v) is 4.30. The summed E-state index contributed by atoms with van der Waals surface area (Å²) < 4.78 is 7.76. The lowest BCUT2D eigenvalue weighted by atomic mass is 10.1.